The van der Waals surface area contributed by atoms with Crippen LogP contribution in [0.3, 0.4) is 0 Å². The van der Waals surface area contributed by atoms with E-state index in [0.717, 1.165) is 12.0 Å². The molecule has 0 aliphatic carbocycles. The molecule has 6 nitrogen and oxygen atoms in total. The van der Waals surface area contributed by atoms with Gasteiger partial charge in [-0.2, -0.15) is 13.7 Å². The number of hydrogen-bond donors (Lipinski definition) is 0. The Labute approximate surface area is 135 Å². The van der Waals surface area contributed by atoms with Gasteiger partial charge in [-0.25, -0.2) is 0 Å². The molecular formula is C16H16N2O4S. The molecule has 2 rings (SSSR count). The molecule has 0 saturated carbocycles. The highest BCUT2D eigenvalue weighted by Crippen LogP contribution is 2.13. The van der Waals surface area contributed by atoms with Crippen LogP contribution in [0.5, 0.6) is 5.75 Å². The molecule has 0 aliphatic rings. The van der Waals surface area contributed by atoms with Gasteiger partial charge in [0.2, 0.25) is 6.40 Å². The molecule has 0 amide bonds. The summed E-state index contributed by atoms with van der Waals surface area (Å²) in [6.45, 7) is 3.29. The first-order valence-corrected chi connectivity index (χ1v) is 7.95. The van der Waals surface area contributed by atoms with Gasteiger partial charge in [0.1, 0.15) is 10.6 Å². The van der Waals surface area contributed by atoms with E-state index < -0.39 is 10.1 Å². The van der Waals surface area contributed by atoms with Gasteiger partial charge in [-0.3, -0.25) is 4.28 Å². The molecule has 0 aliphatic heterocycles. The van der Waals surface area contributed by atoms with Crippen molar-refractivity contribution in [3.8, 4) is 11.8 Å². The van der Waals surface area contributed by atoms with Crippen LogP contribution in [-0.4, -0.2) is 14.8 Å². The van der Waals surface area contributed by atoms with Crippen molar-refractivity contribution >= 4 is 16.5 Å². The third-order valence-electron chi connectivity index (χ3n) is 2.43. The number of nitrogens with zero attached hydrogens (tertiary/aromatic N) is 2. The Morgan fingerprint density at radius 2 is 1.65 bits per heavy atom. The van der Waals surface area contributed by atoms with E-state index in [1.807, 2.05) is 13.0 Å². The third kappa shape index (κ3) is 6.63. The summed E-state index contributed by atoms with van der Waals surface area (Å²) in [4.78, 5) is 0.0416. The second-order valence-corrected chi connectivity index (χ2v) is 5.74. The van der Waals surface area contributed by atoms with Gasteiger partial charge in [-0.05, 0) is 36.3 Å². The summed E-state index contributed by atoms with van der Waals surface area (Å²) in [6, 6.07) is 16.8. The van der Waals surface area contributed by atoms with Gasteiger partial charge < -0.3 is 4.74 Å². The van der Waals surface area contributed by atoms with Crippen molar-refractivity contribution in [3.63, 3.8) is 0 Å². The lowest BCUT2D eigenvalue weighted by Gasteiger charge is -2.01. The maximum atomic E-state index is 11.8. The SMILES string of the molecule is CC#N.Cc1ccc(S(=O)(=O)ON=COc2ccccc2)cc1. The predicted octanol–water partition coefficient (Wildman–Crippen LogP) is 3.25. The smallest absolute Gasteiger partial charge is 0.358 e. The van der Waals surface area contributed by atoms with Crippen molar-refractivity contribution in [2.45, 2.75) is 18.7 Å². The number of hydrogen-bond acceptors (Lipinski definition) is 6. The monoisotopic (exact) mass is 332 g/mol. The van der Waals surface area contributed by atoms with Crippen LogP contribution >= 0.6 is 0 Å². The van der Waals surface area contributed by atoms with Crippen LogP contribution in [0.1, 0.15) is 12.5 Å². The molecule has 23 heavy (non-hydrogen) atoms. The summed E-state index contributed by atoms with van der Waals surface area (Å²) in [7, 11) is -3.91. The number of ether oxygens (including phenoxy) is 1. The van der Waals surface area contributed by atoms with Gasteiger partial charge in [0, 0.05) is 6.92 Å². The second-order valence-electron chi connectivity index (χ2n) is 4.21. The second kappa shape index (κ2) is 9.23. The number of oxime groups is 1. The van der Waals surface area contributed by atoms with Crippen LogP contribution in [0.15, 0.2) is 64.6 Å². The quantitative estimate of drug-likeness (QED) is 0.476. The topological polar surface area (TPSA) is 88.8 Å². The fraction of sp³-hybridized carbons (Fsp3) is 0.125. The molecule has 0 heterocycles. The first kappa shape index (κ1) is 18.2. The molecule has 0 radical (unpaired) electrons. The van der Waals surface area contributed by atoms with Gasteiger partial charge in [-0.15, -0.1) is 0 Å². The van der Waals surface area contributed by atoms with Crippen LogP contribution < -0.4 is 4.74 Å². The highest BCUT2D eigenvalue weighted by atomic mass is 32.2. The lowest BCUT2D eigenvalue weighted by molar-refractivity contribution is 0.330. The summed E-state index contributed by atoms with van der Waals surface area (Å²) in [5.74, 6) is 0.535. The molecular weight excluding hydrogens is 316 g/mol. The summed E-state index contributed by atoms with van der Waals surface area (Å²) >= 11 is 0. The lowest BCUT2D eigenvalue weighted by atomic mass is 10.2. The molecule has 120 valence electrons. The summed E-state index contributed by atoms with van der Waals surface area (Å²) in [5, 5.41) is 10.6. The van der Waals surface area contributed by atoms with Gasteiger partial charge >= 0.3 is 10.1 Å². The van der Waals surface area contributed by atoms with Crippen molar-refractivity contribution in [2.75, 3.05) is 0 Å². The van der Waals surface area contributed by atoms with E-state index in [1.54, 1.807) is 42.5 Å². The highest BCUT2D eigenvalue weighted by molar-refractivity contribution is 7.86. The Bertz CT molecular complexity index is 764. The van der Waals surface area contributed by atoms with Gasteiger partial charge in [0.15, 0.2) is 0 Å². The Balaban J connectivity index is 0.000000816. The van der Waals surface area contributed by atoms with Crippen molar-refractivity contribution < 1.29 is 17.4 Å². The van der Waals surface area contributed by atoms with Gasteiger partial charge in [0.25, 0.3) is 0 Å². The van der Waals surface area contributed by atoms with Crippen LogP contribution in [0.4, 0.5) is 0 Å². The average Bonchev–Trinajstić information content (AvgIpc) is 2.54. The average molecular weight is 332 g/mol. The summed E-state index contributed by atoms with van der Waals surface area (Å²) in [5.41, 5.74) is 0.958. The molecule has 2 aromatic rings. The van der Waals surface area contributed by atoms with E-state index in [1.165, 1.54) is 19.1 Å². The molecule has 7 heteroatoms. The molecule has 0 atom stereocenters. The predicted molar refractivity (Wildman–Crippen MR) is 86.3 cm³/mol. The van der Waals surface area contributed by atoms with Crippen molar-refractivity contribution in [1.82, 2.24) is 0 Å². The zero-order valence-electron chi connectivity index (χ0n) is 12.7. The normalized spacial score (nSPS) is 10.3. The molecule has 0 bridgehead atoms. The Morgan fingerprint density at radius 3 is 2.22 bits per heavy atom. The lowest BCUT2D eigenvalue weighted by Crippen LogP contribution is -2.03. The standard InChI is InChI=1S/C14H13NO4S.C2H3N/c1-12-7-9-14(10-8-12)20(16,17)19-15-11-18-13-5-3-2-4-6-13;1-2-3/h2-11H,1H3;1H3. The van der Waals surface area contributed by atoms with Crippen molar-refractivity contribution in [2.24, 2.45) is 5.16 Å². The molecule has 0 aromatic heterocycles. The van der Waals surface area contributed by atoms with Crippen LogP contribution in [0, 0.1) is 18.3 Å². The van der Waals surface area contributed by atoms with E-state index in [9.17, 15) is 8.42 Å². The molecule has 0 saturated heterocycles. The summed E-state index contributed by atoms with van der Waals surface area (Å²) in [6.07, 6.45) is 0.932. The van der Waals surface area contributed by atoms with Crippen molar-refractivity contribution in [3.05, 3.63) is 60.2 Å². The number of aryl methyl sites for hydroxylation is 1. The maximum Gasteiger partial charge on any atom is 0.358 e. The number of rotatable bonds is 5. The first-order chi connectivity index (χ1) is 11.0. The minimum absolute atomic E-state index is 0.0416. The molecule has 2 aromatic carbocycles. The zero-order valence-corrected chi connectivity index (χ0v) is 13.5. The van der Waals surface area contributed by atoms with Crippen LogP contribution in [0.25, 0.3) is 0 Å². The fourth-order valence-corrected chi connectivity index (χ4v) is 2.11. The highest BCUT2D eigenvalue weighted by Gasteiger charge is 2.14. The maximum absolute atomic E-state index is 11.8. The molecule has 0 fully saturated rings. The minimum Gasteiger partial charge on any atom is -0.442 e. The Hall–Kier alpha value is -2.85. The third-order valence-corrected chi connectivity index (χ3v) is 3.56. The van der Waals surface area contributed by atoms with Crippen LogP contribution in [-0.2, 0) is 14.4 Å². The minimum atomic E-state index is -3.91. The molecule has 0 unspecified atom stereocenters. The van der Waals surface area contributed by atoms with Gasteiger partial charge in [0.05, 0.1) is 6.07 Å². The molecule has 0 spiro atoms. The van der Waals surface area contributed by atoms with E-state index in [-0.39, 0.29) is 4.90 Å². The zero-order chi connectivity index (χ0) is 17.1. The fourth-order valence-electron chi connectivity index (χ4n) is 1.40. The number of nitriles is 1. The largest absolute Gasteiger partial charge is 0.442 e. The number of para-hydroxylation sites is 1. The Kier molecular flexibility index (Phi) is 7.30. The summed E-state index contributed by atoms with van der Waals surface area (Å²) < 4.78 is 33.1. The number of benzene rings is 2. The molecule has 0 N–H and O–H groups in total. The van der Waals surface area contributed by atoms with Crippen molar-refractivity contribution in [1.29, 1.82) is 5.26 Å². The van der Waals surface area contributed by atoms with E-state index in [4.69, 9.17) is 10.00 Å². The van der Waals surface area contributed by atoms with E-state index in [2.05, 4.69) is 9.44 Å². The first-order valence-electron chi connectivity index (χ1n) is 6.54. The van der Waals surface area contributed by atoms with Gasteiger partial charge in [-0.1, -0.05) is 35.9 Å². The van der Waals surface area contributed by atoms with E-state index >= 15 is 0 Å². The Morgan fingerprint density at radius 1 is 1.09 bits per heavy atom. The van der Waals surface area contributed by atoms with Crippen LogP contribution in [0.2, 0.25) is 0 Å². The van der Waals surface area contributed by atoms with E-state index in [0.29, 0.717) is 5.75 Å².